The molecule has 0 N–H and O–H groups in total. The van der Waals surface area contributed by atoms with E-state index in [4.69, 9.17) is 6.42 Å². The summed E-state index contributed by atoms with van der Waals surface area (Å²) in [5, 5.41) is 2.45. The van der Waals surface area contributed by atoms with Crippen molar-refractivity contribution in [1.29, 1.82) is 0 Å². The molecule has 0 atom stereocenters. The first-order chi connectivity index (χ1) is 11.9. The predicted molar refractivity (Wildman–Crippen MR) is 103 cm³/mol. The molecule has 0 bridgehead atoms. The van der Waals surface area contributed by atoms with Gasteiger partial charge >= 0.3 is 0 Å². The molecule has 0 saturated heterocycles. The molecule has 0 aliphatic rings. The summed E-state index contributed by atoms with van der Waals surface area (Å²) in [5.74, 6) is 2.87. The van der Waals surface area contributed by atoms with Crippen LogP contribution in [0.2, 0.25) is 0 Å². The molecule has 0 radical (unpaired) electrons. The van der Waals surface area contributed by atoms with Gasteiger partial charge in [-0.05, 0) is 33.5 Å². The summed E-state index contributed by atoms with van der Waals surface area (Å²) >= 11 is 0. The van der Waals surface area contributed by atoms with Crippen LogP contribution in [0.4, 0.5) is 0 Å². The fraction of sp³-hybridized carbons (Fsp3) is 0. The van der Waals surface area contributed by atoms with Gasteiger partial charge in [0.2, 0.25) is 0 Å². The molecule has 4 aromatic rings. The summed E-state index contributed by atoms with van der Waals surface area (Å²) in [6, 6.07) is 31.4. The summed E-state index contributed by atoms with van der Waals surface area (Å²) in [6.45, 7) is 0. The van der Waals surface area contributed by atoms with Crippen molar-refractivity contribution >= 4 is 10.8 Å². The zero-order valence-corrected chi connectivity index (χ0v) is 13.2. The Morgan fingerprint density at radius 1 is 0.583 bits per heavy atom. The van der Waals surface area contributed by atoms with Gasteiger partial charge in [0.15, 0.2) is 0 Å². The summed E-state index contributed by atoms with van der Waals surface area (Å²) in [4.78, 5) is 0. The smallest absolute Gasteiger partial charge is 0.0327 e. The Bertz CT molecular complexity index is 1040. The van der Waals surface area contributed by atoms with Crippen LogP contribution in [-0.2, 0) is 0 Å². The third kappa shape index (κ3) is 2.37. The van der Waals surface area contributed by atoms with Gasteiger partial charge in [-0.2, -0.15) is 0 Å². The standard InChI is InChI=1S/C24H16/c1-2-18-13-8-16-22(20-10-4-3-5-11-20)24(18)23-17-9-14-19-12-6-7-15-21(19)23/h1,3-17H. The molecule has 0 saturated carbocycles. The molecule has 0 amide bonds. The number of terminal acetylenes is 1. The third-order valence-corrected chi connectivity index (χ3v) is 4.36. The molecule has 0 heterocycles. The van der Waals surface area contributed by atoms with E-state index in [2.05, 4.69) is 78.7 Å². The van der Waals surface area contributed by atoms with E-state index in [1.807, 2.05) is 18.2 Å². The Hall–Kier alpha value is -3.30. The van der Waals surface area contributed by atoms with Gasteiger partial charge in [-0.3, -0.25) is 0 Å². The van der Waals surface area contributed by atoms with Crippen LogP contribution in [0.5, 0.6) is 0 Å². The van der Waals surface area contributed by atoms with E-state index in [-0.39, 0.29) is 0 Å². The van der Waals surface area contributed by atoms with Crippen molar-refractivity contribution in [3.63, 3.8) is 0 Å². The first kappa shape index (κ1) is 14.3. The lowest BCUT2D eigenvalue weighted by Crippen LogP contribution is -1.91. The first-order valence-electron chi connectivity index (χ1n) is 8.01. The molecule has 0 aromatic heterocycles. The van der Waals surface area contributed by atoms with E-state index < -0.39 is 0 Å². The Morgan fingerprint density at radius 2 is 1.25 bits per heavy atom. The van der Waals surface area contributed by atoms with Crippen LogP contribution in [0.3, 0.4) is 0 Å². The number of fused-ring (bicyclic) bond motifs is 1. The maximum absolute atomic E-state index is 5.83. The van der Waals surface area contributed by atoms with Crippen molar-refractivity contribution < 1.29 is 0 Å². The van der Waals surface area contributed by atoms with Crippen LogP contribution in [0.1, 0.15) is 5.56 Å². The Kier molecular flexibility index (Phi) is 3.61. The topological polar surface area (TPSA) is 0 Å². The zero-order chi connectivity index (χ0) is 16.4. The third-order valence-electron chi connectivity index (χ3n) is 4.36. The molecule has 0 aliphatic heterocycles. The van der Waals surface area contributed by atoms with Crippen LogP contribution < -0.4 is 0 Å². The van der Waals surface area contributed by atoms with Crippen molar-refractivity contribution in [3.8, 4) is 34.6 Å². The van der Waals surface area contributed by atoms with Crippen LogP contribution in [0, 0.1) is 12.3 Å². The highest BCUT2D eigenvalue weighted by molar-refractivity contribution is 6.02. The largest absolute Gasteiger partial charge is 0.115 e. The molecule has 4 rings (SSSR count). The second-order valence-electron chi connectivity index (χ2n) is 5.77. The molecule has 24 heavy (non-hydrogen) atoms. The molecule has 4 aromatic carbocycles. The van der Waals surface area contributed by atoms with Crippen molar-refractivity contribution in [3.05, 3.63) is 96.6 Å². The van der Waals surface area contributed by atoms with E-state index in [0.717, 1.165) is 11.1 Å². The van der Waals surface area contributed by atoms with Gasteiger partial charge in [-0.25, -0.2) is 0 Å². The number of hydrogen-bond acceptors (Lipinski definition) is 0. The van der Waals surface area contributed by atoms with Crippen molar-refractivity contribution in [2.75, 3.05) is 0 Å². The summed E-state index contributed by atoms with van der Waals surface area (Å²) in [7, 11) is 0. The highest BCUT2D eigenvalue weighted by atomic mass is 14.2. The Morgan fingerprint density at radius 3 is 2.08 bits per heavy atom. The minimum absolute atomic E-state index is 0.924. The van der Waals surface area contributed by atoms with E-state index in [1.54, 1.807) is 0 Å². The lowest BCUT2D eigenvalue weighted by Gasteiger charge is -2.15. The van der Waals surface area contributed by atoms with E-state index in [9.17, 15) is 0 Å². The van der Waals surface area contributed by atoms with Gasteiger partial charge in [0.25, 0.3) is 0 Å². The van der Waals surface area contributed by atoms with Crippen LogP contribution >= 0.6 is 0 Å². The van der Waals surface area contributed by atoms with Crippen LogP contribution in [-0.4, -0.2) is 0 Å². The summed E-state index contributed by atoms with van der Waals surface area (Å²) < 4.78 is 0. The highest BCUT2D eigenvalue weighted by Crippen LogP contribution is 2.38. The van der Waals surface area contributed by atoms with Crippen LogP contribution in [0.15, 0.2) is 91.0 Å². The van der Waals surface area contributed by atoms with Crippen molar-refractivity contribution in [1.82, 2.24) is 0 Å². The summed E-state index contributed by atoms with van der Waals surface area (Å²) in [5.41, 5.74) is 5.58. The minimum atomic E-state index is 0.924. The van der Waals surface area contributed by atoms with Gasteiger partial charge < -0.3 is 0 Å². The highest BCUT2D eigenvalue weighted by Gasteiger charge is 2.13. The molecule has 0 spiro atoms. The number of rotatable bonds is 2. The quantitative estimate of drug-likeness (QED) is 0.389. The average Bonchev–Trinajstić information content (AvgIpc) is 2.67. The SMILES string of the molecule is C#Cc1cccc(-c2ccccc2)c1-c1cccc2ccccc12. The fourth-order valence-electron chi connectivity index (χ4n) is 3.26. The molecule has 0 nitrogen and oxygen atoms in total. The van der Waals surface area contributed by atoms with E-state index in [0.29, 0.717) is 0 Å². The van der Waals surface area contributed by atoms with Crippen molar-refractivity contribution in [2.24, 2.45) is 0 Å². The lowest BCUT2D eigenvalue weighted by atomic mass is 9.88. The molecule has 0 unspecified atom stereocenters. The number of hydrogen-bond donors (Lipinski definition) is 0. The fourth-order valence-corrected chi connectivity index (χ4v) is 3.26. The molecule has 112 valence electrons. The normalized spacial score (nSPS) is 10.5. The molecule has 0 fully saturated rings. The second kappa shape index (κ2) is 6.07. The summed E-state index contributed by atoms with van der Waals surface area (Å²) in [6.07, 6.45) is 5.83. The number of benzene rings is 4. The van der Waals surface area contributed by atoms with E-state index >= 15 is 0 Å². The van der Waals surface area contributed by atoms with Gasteiger partial charge in [0.1, 0.15) is 0 Å². The molecule has 0 heteroatoms. The van der Waals surface area contributed by atoms with Gasteiger partial charge in [0, 0.05) is 11.1 Å². The zero-order valence-electron chi connectivity index (χ0n) is 13.2. The molecule has 0 aliphatic carbocycles. The van der Waals surface area contributed by atoms with Gasteiger partial charge in [-0.1, -0.05) is 90.8 Å². The Balaban J connectivity index is 2.10. The maximum atomic E-state index is 5.83. The Labute approximate surface area is 142 Å². The van der Waals surface area contributed by atoms with Gasteiger partial charge in [-0.15, -0.1) is 6.42 Å². The predicted octanol–water partition coefficient (Wildman–Crippen LogP) is 6.16. The molecular formula is C24H16. The second-order valence-corrected chi connectivity index (χ2v) is 5.77. The minimum Gasteiger partial charge on any atom is -0.115 e. The van der Waals surface area contributed by atoms with Crippen LogP contribution in [0.25, 0.3) is 33.0 Å². The lowest BCUT2D eigenvalue weighted by molar-refractivity contribution is 1.57. The van der Waals surface area contributed by atoms with E-state index in [1.165, 1.54) is 27.5 Å². The average molecular weight is 304 g/mol. The monoisotopic (exact) mass is 304 g/mol. The van der Waals surface area contributed by atoms with Crippen molar-refractivity contribution in [2.45, 2.75) is 0 Å². The van der Waals surface area contributed by atoms with Gasteiger partial charge in [0.05, 0.1) is 0 Å². The maximum Gasteiger partial charge on any atom is 0.0327 e. The molecular weight excluding hydrogens is 288 g/mol. The first-order valence-corrected chi connectivity index (χ1v) is 8.01.